The molecule has 0 aliphatic heterocycles. The normalized spacial score (nSPS) is 11.1. The van der Waals surface area contributed by atoms with Crippen LogP contribution in [0.25, 0.3) is 0 Å². The maximum Gasteiger partial charge on any atom is 0.278 e. The van der Waals surface area contributed by atoms with Crippen molar-refractivity contribution in [3.63, 3.8) is 0 Å². The van der Waals surface area contributed by atoms with Crippen molar-refractivity contribution in [2.24, 2.45) is 0 Å². The van der Waals surface area contributed by atoms with Crippen LogP contribution in [0.3, 0.4) is 0 Å². The Morgan fingerprint density at radius 3 is 2.44 bits per heavy atom. The molecule has 0 spiro atoms. The largest absolute Gasteiger partial charge is 0.486 e. The Bertz CT molecular complexity index is 1370. The number of amides is 1. The van der Waals surface area contributed by atoms with E-state index in [4.69, 9.17) is 9.26 Å². The number of hydrogen-bond donors (Lipinski definition) is 1. The molecule has 3 heterocycles. The molecular formula is C23H24BrFN6O3. The van der Waals surface area contributed by atoms with Crippen LogP contribution in [-0.2, 0) is 13.3 Å². The lowest BCUT2D eigenvalue weighted by Crippen LogP contribution is -2.17. The fourth-order valence-electron chi connectivity index (χ4n) is 3.58. The van der Waals surface area contributed by atoms with Crippen molar-refractivity contribution in [1.29, 1.82) is 0 Å². The average molecular weight is 531 g/mol. The molecule has 9 nitrogen and oxygen atoms in total. The highest BCUT2D eigenvalue weighted by Crippen LogP contribution is 2.25. The zero-order chi connectivity index (χ0) is 24.6. The van der Waals surface area contributed by atoms with E-state index >= 15 is 0 Å². The number of nitrogens with one attached hydrogen (secondary N) is 1. The van der Waals surface area contributed by atoms with E-state index in [0.29, 0.717) is 29.4 Å². The van der Waals surface area contributed by atoms with Crippen molar-refractivity contribution < 1.29 is 18.4 Å². The first-order valence-electron chi connectivity index (χ1n) is 10.5. The number of aryl methyl sites for hydroxylation is 3. The van der Waals surface area contributed by atoms with Gasteiger partial charge >= 0.3 is 0 Å². The van der Waals surface area contributed by atoms with Crippen molar-refractivity contribution in [1.82, 2.24) is 24.7 Å². The minimum Gasteiger partial charge on any atom is -0.486 e. The number of ether oxygens (including phenoxy) is 1. The SMILES string of the molecule is Cc1nn(Cn2nc(C)c(NC(=O)c3noc(C)c3COc3ccccc3F)c2C)c(C)c1Br. The van der Waals surface area contributed by atoms with Crippen LogP contribution in [0.15, 0.2) is 33.3 Å². The maximum absolute atomic E-state index is 13.9. The first-order chi connectivity index (χ1) is 16.2. The number of hydrogen-bond acceptors (Lipinski definition) is 6. The standard InChI is InChI=1S/C23H24BrFN6O3/c1-12-20(24)14(3)30(27-12)11-31-15(4)21(13(2)28-31)26-23(32)22-17(16(5)34-29-22)10-33-19-9-7-6-8-18(19)25/h6-9H,10-11H2,1-5H3,(H,26,32). The van der Waals surface area contributed by atoms with E-state index in [2.05, 4.69) is 36.6 Å². The van der Waals surface area contributed by atoms with Crippen molar-refractivity contribution in [2.45, 2.75) is 47.9 Å². The molecule has 0 saturated heterocycles. The second-order valence-corrected chi connectivity index (χ2v) is 8.70. The van der Waals surface area contributed by atoms with E-state index in [0.717, 1.165) is 21.6 Å². The van der Waals surface area contributed by atoms with Crippen LogP contribution < -0.4 is 10.1 Å². The van der Waals surface area contributed by atoms with Crippen LogP contribution in [0.1, 0.15) is 44.6 Å². The monoisotopic (exact) mass is 530 g/mol. The van der Waals surface area contributed by atoms with Gasteiger partial charge in [-0.05, 0) is 62.7 Å². The summed E-state index contributed by atoms with van der Waals surface area (Å²) >= 11 is 3.53. The minimum atomic E-state index is -0.490. The topological polar surface area (TPSA) is 100 Å². The van der Waals surface area contributed by atoms with Gasteiger partial charge in [0.1, 0.15) is 19.0 Å². The summed E-state index contributed by atoms with van der Waals surface area (Å²) in [6, 6.07) is 6.06. The zero-order valence-electron chi connectivity index (χ0n) is 19.4. The zero-order valence-corrected chi connectivity index (χ0v) is 21.0. The predicted molar refractivity (Wildman–Crippen MR) is 126 cm³/mol. The van der Waals surface area contributed by atoms with Crippen LogP contribution in [0, 0.1) is 40.4 Å². The number of para-hydroxylation sites is 1. The third-order valence-electron chi connectivity index (χ3n) is 5.59. The number of nitrogens with zero attached hydrogens (tertiary/aromatic N) is 5. The first kappa shape index (κ1) is 23.7. The molecule has 4 aromatic rings. The van der Waals surface area contributed by atoms with Gasteiger partial charge in [0.15, 0.2) is 17.3 Å². The third kappa shape index (κ3) is 4.47. The van der Waals surface area contributed by atoms with E-state index in [-0.39, 0.29) is 18.1 Å². The summed E-state index contributed by atoms with van der Waals surface area (Å²) in [4.78, 5) is 13.1. The fourth-order valence-corrected chi connectivity index (χ4v) is 3.86. The molecular weight excluding hydrogens is 507 g/mol. The summed E-state index contributed by atoms with van der Waals surface area (Å²) in [6.45, 7) is 9.57. The highest BCUT2D eigenvalue weighted by Gasteiger charge is 2.23. The Labute approximate surface area is 204 Å². The summed E-state index contributed by atoms with van der Waals surface area (Å²) < 4.78 is 29.2. The lowest BCUT2D eigenvalue weighted by atomic mass is 10.2. The maximum atomic E-state index is 13.9. The summed E-state index contributed by atoms with van der Waals surface area (Å²) in [7, 11) is 0. The van der Waals surface area contributed by atoms with E-state index in [9.17, 15) is 9.18 Å². The Morgan fingerprint density at radius 1 is 1.09 bits per heavy atom. The highest BCUT2D eigenvalue weighted by atomic mass is 79.9. The van der Waals surface area contributed by atoms with Gasteiger partial charge < -0.3 is 14.6 Å². The number of halogens is 2. The van der Waals surface area contributed by atoms with Gasteiger partial charge in [0.05, 0.1) is 38.5 Å². The summed E-state index contributed by atoms with van der Waals surface area (Å²) in [6.07, 6.45) is 0. The number of aromatic nitrogens is 5. The van der Waals surface area contributed by atoms with Gasteiger partial charge in [-0.25, -0.2) is 13.8 Å². The predicted octanol–water partition coefficient (Wildman–Crippen LogP) is 4.85. The second kappa shape index (κ2) is 9.41. The van der Waals surface area contributed by atoms with Gasteiger partial charge in [0.25, 0.3) is 5.91 Å². The molecule has 0 aliphatic rings. The number of carbonyl (C=O) groups excluding carboxylic acids is 1. The molecule has 4 rings (SSSR count). The molecule has 11 heteroatoms. The number of carbonyl (C=O) groups is 1. The molecule has 0 atom stereocenters. The molecule has 1 N–H and O–H groups in total. The summed E-state index contributed by atoms with van der Waals surface area (Å²) in [5, 5.41) is 15.9. The molecule has 0 saturated carbocycles. The van der Waals surface area contributed by atoms with E-state index in [1.54, 1.807) is 23.7 Å². The molecule has 0 aliphatic carbocycles. The van der Waals surface area contributed by atoms with Gasteiger partial charge in [-0.2, -0.15) is 10.2 Å². The van der Waals surface area contributed by atoms with Crippen LogP contribution in [0.4, 0.5) is 10.1 Å². The smallest absolute Gasteiger partial charge is 0.278 e. The lowest BCUT2D eigenvalue weighted by Gasteiger charge is -2.09. The summed E-state index contributed by atoms with van der Waals surface area (Å²) in [5.74, 6) is -0.460. The molecule has 1 amide bonds. The number of anilines is 1. The molecule has 34 heavy (non-hydrogen) atoms. The molecule has 0 radical (unpaired) electrons. The quantitative estimate of drug-likeness (QED) is 0.366. The average Bonchev–Trinajstić information content (AvgIpc) is 3.38. The first-order valence-corrected chi connectivity index (χ1v) is 11.3. The second-order valence-electron chi connectivity index (χ2n) is 7.91. The number of benzene rings is 1. The Balaban J connectivity index is 1.53. The van der Waals surface area contributed by atoms with Gasteiger partial charge in [0.2, 0.25) is 0 Å². The van der Waals surface area contributed by atoms with Crippen LogP contribution in [0.5, 0.6) is 5.75 Å². The van der Waals surface area contributed by atoms with Crippen molar-refractivity contribution in [3.05, 3.63) is 74.3 Å². The van der Waals surface area contributed by atoms with Gasteiger partial charge in [-0.3, -0.25) is 4.79 Å². The summed E-state index contributed by atoms with van der Waals surface area (Å²) in [5.41, 5.74) is 4.37. The van der Waals surface area contributed by atoms with Gasteiger partial charge in [-0.1, -0.05) is 17.3 Å². The molecule has 0 fully saturated rings. The van der Waals surface area contributed by atoms with Crippen LogP contribution >= 0.6 is 15.9 Å². The molecule has 178 valence electrons. The Morgan fingerprint density at radius 2 is 1.76 bits per heavy atom. The Kier molecular flexibility index (Phi) is 6.56. The molecule has 0 unspecified atom stereocenters. The Hall–Kier alpha value is -3.47. The van der Waals surface area contributed by atoms with Crippen molar-refractivity contribution in [2.75, 3.05) is 5.32 Å². The molecule has 3 aromatic heterocycles. The molecule has 0 bridgehead atoms. The van der Waals surface area contributed by atoms with Crippen molar-refractivity contribution in [3.8, 4) is 5.75 Å². The van der Waals surface area contributed by atoms with Crippen LogP contribution in [-0.4, -0.2) is 30.6 Å². The fraction of sp³-hybridized carbons (Fsp3) is 0.304. The van der Waals surface area contributed by atoms with Gasteiger partial charge in [0, 0.05) is 0 Å². The van der Waals surface area contributed by atoms with E-state index in [1.807, 2.05) is 32.4 Å². The third-order valence-corrected chi connectivity index (χ3v) is 6.74. The van der Waals surface area contributed by atoms with Crippen LogP contribution in [0.2, 0.25) is 0 Å². The lowest BCUT2D eigenvalue weighted by molar-refractivity contribution is 0.101. The molecule has 1 aromatic carbocycles. The highest BCUT2D eigenvalue weighted by molar-refractivity contribution is 9.10. The minimum absolute atomic E-state index is 0.0664. The van der Waals surface area contributed by atoms with Crippen molar-refractivity contribution >= 4 is 27.5 Å². The number of rotatable bonds is 7. The van der Waals surface area contributed by atoms with Gasteiger partial charge in [-0.15, -0.1) is 0 Å². The van der Waals surface area contributed by atoms with E-state index in [1.165, 1.54) is 12.1 Å². The van der Waals surface area contributed by atoms with E-state index < -0.39 is 11.7 Å².